The molecule has 0 saturated carbocycles. The fourth-order valence-corrected chi connectivity index (χ4v) is 6.36. The summed E-state index contributed by atoms with van der Waals surface area (Å²) in [5.74, 6) is 0.540. The van der Waals surface area contributed by atoms with E-state index in [0.29, 0.717) is 17.0 Å². The molecule has 0 radical (unpaired) electrons. The first-order chi connectivity index (χ1) is 15.3. The number of benzene rings is 2. The maximum absolute atomic E-state index is 13.6. The molecule has 7 nitrogen and oxygen atoms in total. The van der Waals surface area contributed by atoms with E-state index in [2.05, 4.69) is 5.10 Å². The Morgan fingerprint density at radius 2 is 1.79 bits per heavy atom. The summed E-state index contributed by atoms with van der Waals surface area (Å²) in [7, 11) is -3.85. The Labute approximate surface area is 200 Å². The van der Waals surface area contributed by atoms with Crippen molar-refractivity contribution in [3.63, 3.8) is 0 Å². The number of sulfonamides is 1. The highest BCUT2D eigenvalue weighted by Gasteiger charge is 2.35. The Morgan fingerprint density at radius 3 is 2.45 bits per heavy atom. The highest BCUT2D eigenvalue weighted by atomic mass is 32.2. The number of amides is 1. The number of hydrogen-bond acceptors (Lipinski definition) is 6. The van der Waals surface area contributed by atoms with Crippen LogP contribution < -0.4 is 5.01 Å². The quantitative estimate of drug-likeness (QED) is 0.540. The van der Waals surface area contributed by atoms with E-state index in [1.807, 2.05) is 39.0 Å². The first-order valence-electron chi connectivity index (χ1n) is 10.7. The van der Waals surface area contributed by atoms with Crippen LogP contribution in [-0.2, 0) is 14.8 Å². The van der Waals surface area contributed by atoms with Crippen molar-refractivity contribution in [1.29, 1.82) is 0 Å². The molecular weight excluding hydrogens is 458 g/mol. The normalized spacial score (nSPS) is 15.7. The second-order valence-corrected chi connectivity index (χ2v) is 12.0. The van der Waals surface area contributed by atoms with Crippen LogP contribution in [0, 0.1) is 27.7 Å². The van der Waals surface area contributed by atoms with E-state index in [0.717, 1.165) is 16.7 Å². The second kappa shape index (κ2) is 9.38. The number of ether oxygens (including phenoxy) is 1. The Kier molecular flexibility index (Phi) is 7.14. The van der Waals surface area contributed by atoms with E-state index in [1.54, 1.807) is 45.9 Å². The highest BCUT2D eigenvalue weighted by Crippen LogP contribution is 2.31. The van der Waals surface area contributed by atoms with E-state index < -0.39 is 21.7 Å². The molecule has 2 aromatic carbocycles. The predicted octanol–water partition coefficient (Wildman–Crippen LogP) is 5.37. The van der Waals surface area contributed by atoms with Gasteiger partial charge < -0.3 is 4.74 Å². The van der Waals surface area contributed by atoms with Gasteiger partial charge in [0.1, 0.15) is 5.60 Å². The molecule has 1 aliphatic heterocycles. The summed E-state index contributed by atoms with van der Waals surface area (Å²) in [6, 6.07) is 10.9. The van der Waals surface area contributed by atoms with Gasteiger partial charge in [0.2, 0.25) is 0 Å². The maximum atomic E-state index is 13.6. The van der Waals surface area contributed by atoms with E-state index in [9.17, 15) is 13.2 Å². The van der Waals surface area contributed by atoms with Crippen LogP contribution in [0.1, 0.15) is 43.0 Å². The van der Waals surface area contributed by atoms with Gasteiger partial charge in [-0.15, -0.1) is 5.10 Å². The summed E-state index contributed by atoms with van der Waals surface area (Å²) in [5, 5.41) is 5.95. The zero-order valence-corrected chi connectivity index (χ0v) is 21.8. The molecule has 3 rings (SSSR count). The molecular formula is C24H31N3O4S2. The van der Waals surface area contributed by atoms with Crippen molar-refractivity contribution < 1.29 is 17.9 Å². The third-order valence-corrected chi connectivity index (χ3v) is 8.20. The van der Waals surface area contributed by atoms with Crippen molar-refractivity contribution in [2.45, 2.75) is 59.0 Å². The molecule has 0 unspecified atom stereocenters. The third-order valence-electron chi connectivity index (χ3n) is 5.21. The largest absolute Gasteiger partial charge is 0.442 e. The van der Waals surface area contributed by atoms with E-state index in [4.69, 9.17) is 4.74 Å². The van der Waals surface area contributed by atoms with Gasteiger partial charge in [0.05, 0.1) is 10.6 Å². The van der Waals surface area contributed by atoms with Gasteiger partial charge in [0.15, 0.2) is 5.17 Å². The average molecular weight is 490 g/mol. The lowest BCUT2D eigenvalue weighted by Crippen LogP contribution is -2.38. The summed E-state index contributed by atoms with van der Waals surface area (Å²) in [6.45, 7) is 13.1. The van der Waals surface area contributed by atoms with Crippen LogP contribution in [-0.4, -0.2) is 41.9 Å². The lowest BCUT2D eigenvalue weighted by Gasteiger charge is -2.27. The Hall–Kier alpha value is -2.52. The lowest BCUT2D eigenvalue weighted by molar-refractivity contribution is 0.0580. The Bertz CT molecular complexity index is 1200. The molecule has 0 aliphatic carbocycles. The summed E-state index contributed by atoms with van der Waals surface area (Å²) >= 11 is 1.30. The maximum Gasteiger partial charge on any atom is 0.435 e. The minimum Gasteiger partial charge on any atom is -0.442 e. The van der Waals surface area contributed by atoms with Crippen molar-refractivity contribution >= 4 is 38.7 Å². The van der Waals surface area contributed by atoms with E-state index >= 15 is 0 Å². The van der Waals surface area contributed by atoms with Crippen LogP contribution in [0.4, 0.5) is 10.5 Å². The number of hydrogen-bond donors (Lipinski definition) is 0. The number of hydrazone groups is 1. The molecule has 0 N–H and O–H groups in total. The third kappa shape index (κ3) is 5.52. The molecule has 178 valence electrons. The lowest BCUT2D eigenvalue weighted by atomic mass is 10.1. The zero-order chi connectivity index (χ0) is 24.6. The number of nitrogens with zero attached hydrogens (tertiary/aromatic N) is 3. The summed E-state index contributed by atoms with van der Waals surface area (Å²) < 4.78 is 34.0. The summed E-state index contributed by atoms with van der Waals surface area (Å²) in [4.78, 5) is 13.4. The van der Waals surface area contributed by atoms with Gasteiger partial charge in [0.25, 0.3) is 10.0 Å². The molecule has 1 amide bonds. The van der Waals surface area contributed by atoms with Gasteiger partial charge in [-0.05, 0) is 82.9 Å². The van der Waals surface area contributed by atoms with Crippen LogP contribution in [0.2, 0.25) is 0 Å². The second-order valence-electron chi connectivity index (χ2n) is 9.09. The number of rotatable bonds is 4. The number of amidine groups is 1. The van der Waals surface area contributed by atoms with Crippen LogP contribution >= 0.6 is 11.8 Å². The number of carbonyl (C=O) groups is 1. The molecule has 0 spiro atoms. The SMILES string of the molecule is Cc1ccc(C)c(S(=O)(=O)N2CCS/C2=N/N(C(=O)OC(C)(C)C)c2cccc(C)c2C)c1. The summed E-state index contributed by atoms with van der Waals surface area (Å²) in [5.41, 5.74) is 3.18. The standard InChI is InChI=1S/C24H31N3O4S2/c1-16-11-12-18(3)21(15-16)33(29,30)26-13-14-32-22(26)25-27(23(28)31-24(5,6)7)20-10-8-9-17(2)19(20)4/h8-12,15H,13-14H2,1-7H3/b25-22+. The van der Waals surface area contributed by atoms with Gasteiger partial charge in [-0.25, -0.2) is 17.5 Å². The van der Waals surface area contributed by atoms with Crippen molar-refractivity contribution in [1.82, 2.24) is 4.31 Å². The molecule has 1 saturated heterocycles. The molecule has 9 heteroatoms. The molecule has 0 aromatic heterocycles. The molecule has 1 aliphatic rings. The number of thioether (sulfide) groups is 1. The smallest absolute Gasteiger partial charge is 0.435 e. The van der Waals surface area contributed by atoms with Crippen molar-refractivity contribution in [3.8, 4) is 0 Å². The van der Waals surface area contributed by atoms with E-state index in [1.165, 1.54) is 21.1 Å². The first kappa shape index (κ1) is 25.1. The molecule has 33 heavy (non-hydrogen) atoms. The van der Waals surface area contributed by atoms with Gasteiger partial charge >= 0.3 is 6.09 Å². The van der Waals surface area contributed by atoms with Crippen LogP contribution in [0.15, 0.2) is 46.4 Å². The van der Waals surface area contributed by atoms with Crippen molar-refractivity contribution in [3.05, 3.63) is 58.7 Å². The average Bonchev–Trinajstić information content (AvgIpc) is 3.18. The van der Waals surface area contributed by atoms with Gasteiger partial charge in [-0.3, -0.25) is 0 Å². The minimum absolute atomic E-state index is 0.239. The zero-order valence-electron chi connectivity index (χ0n) is 20.2. The number of anilines is 1. The van der Waals surface area contributed by atoms with Gasteiger partial charge in [-0.1, -0.05) is 36.0 Å². The minimum atomic E-state index is -3.85. The molecule has 1 fully saturated rings. The monoisotopic (exact) mass is 489 g/mol. The van der Waals surface area contributed by atoms with Crippen LogP contribution in [0.25, 0.3) is 0 Å². The summed E-state index contributed by atoms with van der Waals surface area (Å²) in [6.07, 6.45) is -0.666. The Balaban J connectivity index is 2.10. The molecule has 1 heterocycles. The topological polar surface area (TPSA) is 79.3 Å². The fourth-order valence-electron chi connectivity index (χ4n) is 3.34. The first-order valence-corrected chi connectivity index (χ1v) is 13.1. The Morgan fingerprint density at radius 1 is 1.09 bits per heavy atom. The molecule has 0 atom stereocenters. The van der Waals surface area contributed by atoms with E-state index in [-0.39, 0.29) is 16.6 Å². The fraction of sp³-hybridized carbons (Fsp3) is 0.417. The van der Waals surface area contributed by atoms with Crippen molar-refractivity contribution in [2.24, 2.45) is 5.10 Å². The highest BCUT2D eigenvalue weighted by molar-refractivity contribution is 8.15. The van der Waals surface area contributed by atoms with Crippen LogP contribution in [0.5, 0.6) is 0 Å². The molecule has 2 aromatic rings. The molecule has 0 bridgehead atoms. The number of carbonyl (C=O) groups excluding carboxylic acids is 1. The number of aryl methyl sites for hydroxylation is 3. The predicted molar refractivity (Wildman–Crippen MR) is 134 cm³/mol. The van der Waals surface area contributed by atoms with Gasteiger partial charge in [-0.2, -0.15) is 5.01 Å². The van der Waals surface area contributed by atoms with Gasteiger partial charge in [0, 0.05) is 12.3 Å². The van der Waals surface area contributed by atoms with Crippen molar-refractivity contribution in [2.75, 3.05) is 17.3 Å². The van der Waals surface area contributed by atoms with Crippen LogP contribution in [0.3, 0.4) is 0 Å².